The van der Waals surface area contributed by atoms with Crippen LogP contribution in [0.25, 0.3) is 0 Å². The van der Waals surface area contributed by atoms with Crippen molar-refractivity contribution in [2.24, 2.45) is 0 Å². The minimum absolute atomic E-state index is 0.118. The number of sulfonamides is 1. The highest BCUT2D eigenvalue weighted by molar-refractivity contribution is 7.89. The molecule has 32 heavy (non-hydrogen) atoms. The van der Waals surface area contributed by atoms with Crippen molar-refractivity contribution in [1.29, 1.82) is 0 Å². The lowest BCUT2D eigenvalue weighted by Crippen LogP contribution is -2.35. The first-order chi connectivity index (χ1) is 15.5. The van der Waals surface area contributed by atoms with Gasteiger partial charge in [-0.1, -0.05) is 42.8 Å². The maximum absolute atomic E-state index is 12.8. The van der Waals surface area contributed by atoms with E-state index in [2.05, 4.69) is 15.4 Å². The average molecular weight is 454 g/mol. The lowest BCUT2D eigenvalue weighted by Gasteiger charge is -2.25. The summed E-state index contributed by atoms with van der Waals surface area (Å²) in [6, 6.07) is 14.5. The molecule has 0 radical (unpaired) electrons. The van der Waals surface area contributed by atoms with Gasteiger partial charge in [0.1, 0.15) is 12.7 Å². The van der Waals surface area contributed by atoms with Gasteiger partial charge in [-0.3, -0.25) is 4.79 Å². The predicted octanol–water partition coefficient (Wildman–Crippen LogP) is 2.36. The molecule has 4 rings (SSSR count). The number of hydrogen-bond acceptors (Lipinski definition) is 5. The molecule has 2 heterocycles. The monoisotopic (exact) mass is 453 g/mol. The van der Waals surface area contributed by atoms with Crippen LogP contribution in [0, 0.1) is 0 Å². The largest absolute Gasteiger partial charge is 0.352 e. The zero-order valence-electron chi connectivity index (χ0n) is 17.9. The van der Waals surface area contributed by atoms with Gasteiger partial charge in [0.25, 0.3) is 0 Å². The number of benzene rings is 2. The van der Waals surface area contributed by atoms with E-state index < -0.39 is 10.0 Å². The van der Waals surface area contributed by atoms with Crippen LogP contribution >= 0.6 is 0 Å². The van der Waals surface area contributed by atoms with E-state index in [1.54, 1.807) is 39.6 Å². The first-order valence-electron chi connectivity index (χ1n) is 10.8. The summed E-state index contributed by atoms with van der Waals surface area (Å²) in [6.45, 7) is 2.14. The Bertz CT molecular complexity index is 1140. The van der Waals surface area contributed by atoms with Gasteiger partial charge in [-0.2, -0.15) is 9.40 Å². The van der Waals surface area contributed by atoms with Gasteiger partial charge in [-0.15, -0.1) is 0 Å². The van der Waals surface area contributed by atoms with Gasteiger partial charge in [0, 0.05) is 19.6 Å². The molecular weight excluding hydrogens is 426 g/mol. The number of nitrogens with zero attached hydrogens (tertiary/aromatic N) is 4. The van der Waals surface area contributed by atoms with Crippen LogP contribution in [0.4, 0.5) is 0 Å². The lowest BCUT2D eigenvalue weighted by atomic mass is 10.1. The van der Waals surface area contributed by atoms with Crippen molar-refractivity contribution in [1.82, 2.24) is 24.4 Å². The molecule has 3 aromatic rings. The molecule has 1 fully saturated rings. The van der Waals surface area contributed by atoms with E-state index in [-0.39, 0.29) is 17.2 Å². The number of hydrogen-bond donors (Lipinski definition) is 1. The third-order valence-electron chi connectivity index (χ3n) is 5.63. The van der Waals surface area contributed by atoms with E-state index in [1.807, 2.05) is 24.3 Å². The molecule has 0 saturated carbocycles. The normalized spacial score (nSPS) is 14.9. The van der Waals surface area contributed by atoms with Crippen LogP contribution < -0.4 is 5.32 Å². The van der Waals surface area contributed by atoms with Gasteiger partial charge in [0.15, 0.2) is 0 Å². The summed E-state index contributed by atoms with van der Waals surface area (Å²) in [7, 11) is -3.46. The van der Waals surface area contributed by atoms with E-state index in [0.717, 1.165) is 36.0 Å². The molecule has 1 saturated heterocycles. The second kappa shape index (κ2) is 10.1. The van der Waals surface area contributed by atoms with Crippen LogP contribution in [-0.2, 0) is 34.3 Å². The smallest absolute Gasteiger partial charge is 0.243 e. The van der Waals surface area contributed by atoms with Crippen molar-refractivity contribution in [3.63, 3.8) is 0 Å². The Balaban J connectivity index is 1.34. The molecule has 1 aromatic heterocycles. The summed E-state index contributed by atoms with van der Waals surface area (Å²) >= 11 is 0. The summed E-state index contributed by atoms with van der Waals surface area (Å²) in [6.07, 6.45) is 6.22. The Labute approximate surface area is 188 Å². The Morgan fingerprint density at radius 3 is 2.38 bits per heavy atom. The minimum atomic E-state index is -3.46. The summed E-state index contributed by atoms with van der Waals surface area (Å²) in [4.78, 5) is 16.7. The number of rotatable bonds is 8. The molecule has 1 aliphatic heterocycles. The molecule has 0 atom stereocenters. The quantitative estimate of drug-likeness (QED) is 0.565. The fourth-order valence-corrected chi connectivity index (χ4v) is 5.37. The molecular formula is C23H27N5O3S. The van der Waals surface area contributed by atoms with Crippen molar-refractivity contribution in [2.45, 2.75) is 43.7 Å². The van der Waals surface area contributed by atoms with Crippen molar-refractivity contribution in [2.75, 3.05) is 13.1 Å². The van der Waals surface area contributed by atoms with Gasteiger partial charge in [-0.25, -0.2) is 18.1 Å². The topological polar surface area (TPSA) is 97.2 Å². The van der Waals surface area contributed by atoms with E-state index in [1.165, 1.54) is 6.33 Å². The van der Waals surface area contributed by atoms with Gasteiger partial charge >= 0.3 is 0 Å². The fraction of sp³-hybridized carbons (Fsp3) is 0.348. The van der Waals surface area contributed by atoms with Gasteiger partial charge < -0.3 is 5.32 Å². The Morgan fingerprint density at radius 1 is 0.969 bits per heavy atom. The Kier molecular flexibility index (Phi) is 6.96. The van der Waals surface area contributed by atoms with Crippen LogP contribution in [0.2, 0.25) is 0 Å². The summed E-state index contributed by atoms with van der Waals surface area (Å²) in [5.41, 5.74) is 2.85. The predicted molar refractivity (Wildman–Crippen MR) is 120 cm³/mol. The Hall–Kier alpha value is -3.04. The number of aromatic nitrogens is 3. The SMILES string of the molecule is O=C(Cc1ccc(S(=O)(=O)N2CCCCC2)cc1)NCc1ccccc1Cn1cncn1. The molecule has 0 spiro atoms. The van der Waals surface area contributed by atoms with Crippen LogP contribution in [0.15, 0.2) is 66.1 Å². The number of carbonyl (C=O) groups is 1. The molecule has 168 valence electrons. The van der Waals surface area contributed by atoms with Crippen LogP contribution in [0.3, 0.4) is 0 Å². The number of carbonyl (C=O) groups excluding carboxylic acids is 1. The molecule has 0 bridgehead atoms. The zero-order valence-corrected chi connectivity index (χ0v) is 18.7. The van der Waals surface area contributed by atoms with Crippen LogP contribution in [0.5, 0.6) is 0 Å². The molecule has 8 nitrogen and oxygen atoms in total. The van der Waals surface area contributed by atoms with Crippen LogP contribution in [-0.4, -0.2) is 46.5 Å². The fourth-order valence-electron chi connectivity index (χ4n) is 3.85. The summed E-state index contributed by atoms with van der Waals surface area (Å²) in [5, 5.41) is 7.08. The lowest BCUT2D eigenvalue weighted by molar-refractivity contribution is -0.120. The number of nitrogens with one attached hydrogen (secondary N) is 1. The van der Waals surface area contributed by atoms with E-state index in [0.29, 0.717) is 26.2 Å². The van der Waals surface area contributed by atoms with Crippen molar-refractivity contribution in [3.8, 4) is 0 Å². The average Bonchev–Trinajstić information content (AvgIpc) is 3.33. The van der Waals surface area contributed by atoms with E-state index in [9.17, 15) is 13.2 Å². The third kappa shape index (κ3) is 5.41. The summed E-state index contributed by atoms with van der Waals surface area (Å²) in [5.74, 6) is -0.118. The molecule has 9 heteroatoms. The molecule has 0 aliphatic carbocycles. The number of amides is 1. The second-order valence-corrected chi connectivity index (χ2v) is 9.86. The van der Waals surface area contributed by atoms with Crippen molar-refractivity contribution in [3.05, 3.63) is 77.9 Å². The van der Waals surface area contributed by atoms with Crippen molar-refractivity contribution >= 4 is 15.9 Å². The minimum Gasteiger partial charge on any atom is -0.352 e. The third-order valence-corrected chi connectivity index (χ3v) is 7.55. The van der Waals surface area contributed by atoms with Gasteiger partial charge in [-0.05, 0) is 41.7 Å². The summed E-state index contributed by atoms with van der Waals surface area (Å²) < 4.78 is 28.8. The molecule has 2 aromatic carbocycles. The maximum Gasteiger partial charge on any atom is 0.243 e. The van der Waals surface area contributed by atoms with E-state index >= 15 is 0 Å². The van der Waals surface area contributed by atoms with Gasteiger partial charge in [0.2, 0.25) is 15.9 Å². The Morgan fingerprint density at radius 2 is 1.69 bits per heavy atom. The zero-order chi connectivity index (χ0) is 22.4. The van der Waals surface area contributed by atoms with Crippen LogP contribution in [0.1, 0.15) is 36.0 Å². The number of piperidine rings is 1. The van der Waals surface area contributed by atoms with E-state index in [4.69, 9.17) is 0 Å². The first-order valence-corrected chi connectivity index (χ1v) is 12.2. The standard InChI is InChI=1S/C23H27N5O3S/c29-23(25-15-20-6-2-3-7-21(20)16-27-18-24-17-26-27)14-19-8-10-22(11-9-19)32(30,31)28-12-4-1-5-13-28/h2-3,6-11,17-18H,1,4-5,12-16H2,(H,25,29). The highest BCUT2D eigenvalue weighted by Crippen LogP contribution is 2.21. The second-order valence-electron chi connectivity index (χ2n) is 7.92. The highest BCUT2D eigenvalue weighted by atomic mass is 32.2. The maximum atomic E-state index is 12.8. The first kappa shape index (κ1) is 22.2. The molecule has 1 amide bonds. The molecule has 1 aliphatic rings. The van der Waals surface area contributed by atoms with Crippen molar-refractivity contribution < 1.29 is 13.2 Å². The molecule has 1 N–H and O–H groups in total. The molecule has 0 unspecified atom stereocenters. The van der Waals surface area contributed by atoms with Gasteiger partial charge in [0.05, 0.1) is 17.9 Å². The highest BCUT2D eigenvalue weighted by Gasteiger charge is 2.25.